The van der Waals surface area contributed by atoms with Crippen LogP contribution >= 0.6 is 11.3 Å². The highest BCUT2D eigenvalue weighted by Gasteiger charge is 2.13. The highest BCUT2D eigenvalue weighted by Crippen LogP contribution is 2.15. The molecule has 0 atom stereocenters. The van der Waals surface area contributed by atoms with Crippen LogP contribution in [0.5, 0.6) is 0 Å². The topological polar surface area (TPSA) is 114 Å². The first kappa shape index (κ1) is 23.5. The van der Waals surface area contributed by atoms with E-state index in [1.165, 1.54) is 41.7 Å². The number of hydrogen-bond donors (Lipinski definition) is 3. The molecule has 11 heteroatoms. The summed E-state index contributed by atoms with van der Waals surface area (Å²) in [5.41, 5.74) is 0.664. The first-order chi connectivity index (χ1) is 15.8. The van der Waals surface area contributed by atoms with Gasteiger partial charge in [0.2, 0.25) is 5.91 Å². The molecular weight excluding hydrogens is 456 g/mol. The lowest BCUT2D eigenvalue weighted by Crippen LogP contribution is -2.35. The second kappa shape index (κ2) is 11.0. The van der Waals surface area contributed by atoms with E-state index in [4.69, 9.17) is 4.74 Å². The van der Waals surface area contributed by atoms with Crippen molar-refractivity contribution in [2.45, 2.75) is 0 Å². The molecule has 0 saturated carbocycles. The Morgan fingerprint density at radius 3 is 2.24 bits per heavy atom. The van der Waals surface area contributed by atoms with Gasteiger partial charge in [-0.15, -0.1) is 11.3 Å². The summed E-state index contributed by atoms with van der Waals surface area (Å²) in [4.78, 5) is 48.2. The minimum Gasteiger partial charge on any atom is -0.452 e. The van der Waals surface area contributed by atoms with Crippen molar-refractivity contribution < 1.29 is 32.7 Å². The smallest absolute Gasteiger partial charge is 0.338 e. The van der Waals surface area contributed by atoms with E-state index in [9.17, 15) is 28.0 Å². The summed E-state index contributed by atoms with van der Waals surface area (Å²) in [5, 5.41) is 8.99. The third-order valence-electron chi connectivity index (χ3n) is 4.11. The summed E-state index contributed by atoms with van der Waals surface area (Å²) < 4.78 is 30.9. The lowest BCUT2D eigenvalue weighted by atomic mass is 10.2. The molecule has 1 aromatic heterocycles. The zero-order valence-electron chi connectivity index (χ0n) is 16.9. The minimum absolute atomic E-state index is 0.0228. The largest absolute Gasteiger partial charge is 0.452 e. The molecule has 1 heterocycles. The maximum atomic E-state index is 13.1. The fourth-order valence-electron chi connectivity index (χ4n) is 2.51. The zero-order valence-corrected chi connectivity index (χ0v) is 17.7. The standard InChI is InChI=1S/C22H17F2N3O5S/c23-16-8-7-15(10-17(16)24)26-19(28)11-25-20(29)12-32-22(31)13-3-5-14(6-4-13)27-21(30)18-2-1-9-33-18/h1-10H,11-12H2,(H,25,29)(H,26,28)(H,27,30). The van der Waals surface area contributed by atoms with Gasteiger partial charge in [-0.2, -0.15) is 0 Å². The Labute approximate surface area is 190 Å². The predicted octanol–water partition coefficient (Wildman–Crippen LogP) is 3.19. The van der Waals surface area contributed by atoms with Gasteiger partial charge in [0.1, 0.15) is 0 Å². The molecule has 0 spiro atoms. The number of nitrogens with one attached hydrogen (secondary N) is 3. The van der Waals surface area contributed by atoms with E-state index in [0.717, 1.165) is 12.1 Å². The van der Waals surface area contributed by atoms with Crippen molar-refractivity contribution in [1.82, 2.24) is 5.32 Å². The average Bonchev–Trinajstić information content (AvgIpc) is 3.34. The van der Waals surface area contributed by atoms with Crippen molar-refractivity contribution in [3.05, 3.63) is 82.1 Å². The first-order valence-electron chi connectivity index (χ1n) is 9.45. The van der Waals surface area contributed by atoms with Gasteiger partial charge >= 0.3 is 5.97 Å². The number of ether oxygens (including phenoxy) is 1. The van der Waals surface area contributed by atoms with Gasteiger partial charge in [0.05, 0.1) is 17.0 Å². The van der Waals surface area contributed by atoms with Crippen LogP contribution in [0.1, 0.15) is 20.0 Å². The molecule has 170 valence electrons. The van der Waals surface area contributed by atoms with Crippen LogP contribution < -0.4 is 16.0 Å². The summed E-state index contributed by atoms with van der Waals surface area (Å²) in [7, 11) is 0. The second-order valence-corrected chi connectivity index (χ2v) is 7.49. The van der Waals surface area contributed by atoms with Gasteiger partial charge in [-0.1, -0.05) is 6.07 Å². The van der Waals surface area contributed by atoms with E-state index in [1.54, 1.807) is 17.5 Å². The normalized spacial score (nSPS) is 10.2. The Morgan fingerprint density at radius 2 is 1.58 bits per heavy atom. The molecule has 3 amide bonds. The third-order valence-corrected chi connectivity index (χ3v) is 4.98. The summed E-state index contributed by atoms with van der Waals surface area (Å²) >= 11 is 1.30. The molecule has 0 unspecified atom stereocenters. The number of hydrogen-bond acceptors (Lipinski definition) is 6. The Hall–Kier alpha value is -4.12. The maximum absolute atomic E-state index is 13.1. The lowest BCUT2D eigenvalue weighted by molar-refractivity contribution is -0.126. The highest BCUT2D eigenvalue weighted by atomic mass is 32.1. The Kier molecular flexibility index (Phi) is 7.82. The summed E-state index contributed by atoms with van der Waals surface area (Å²) in [6.07, 6.45) is 0. The van der Waals surface area contributed by atoms with Crippen LogP contribution in [-0.2, 0) is 14.3 Å². The monoisotopic (exact) mass is 473 g/mol. The fraction of sp³-hybridized carbons (Fsp3) is 0.0909. The number of amides is 3. The summed E-state index contributed by atoms with van der Waals surface area (Å²) in [6.45, 7) is -1.10. The zero-order chi connectivity index (χ0) is 23.8. The van der Waals surface area contributed by atoms with E-state index in [-0.39, 0.29) is 17.2 Å². The van der Waals surface area contributed by atoms with Gasteiger partial charge in [-0.05, 0) is 47.8 Å². The highest BCUT2D eigenvalue weighted by molar-refractivity contribution is 7.12. The van der Waals surface area contributed by atoms with Gasteiger partial charge in [0.15, 0.2) is 18.2 Å². The first-order valence-corrected chi connectivity index (χ1v) is 10.3. The van der Waals surface area contributed by atoms with E-state index < -0.39 is 42.6 Å². The third kappa shape index (κ3) is 6.94. The number of esters is 1. The molecule has 3 aromatic rings. The molecule has 33 heavy (non-hydrogen) atoms. The molecule has 0 fully saturated rings. The van der Waals surface area contributed by atoms with Gasteiger partial charge in [0.25, 0.3) is 11.8 Å². The number of halogens is 2. The van der Waals surface area contributed by atoms with Crippen molar-refractivity contribution >= 4 is 46.4 Å². The van der Waals surface area contributed by atoms with Crippen LogP contribution in [0.25, 0.3) is 0 Å². The predicted molar refractivity (Wildman–Crippen MR) is 117 cm³/mol. The van der Waals surface area contributed by atoms with Crippen molar-refractivity contribution in [3.63, 3.8) is 0 Å². The molecule has 0 radical (unpaired) electrons. The SMILES string of the molecule is O=C(COC(=O)c1ccc(NC(=O)c2cccs2)cc1)NCC(=O)Nc1ccc(F)c(F)c1. The Balaban J connectivity index is 1.40. The van der Waals surface area contributed by atoms with Crippen LogP contribution in [0, 0.1) is 11.6 Å². The number of rotatable bonds is 8. The van der Waals surface area contributed by atoms with Gasteiger partial charge in [0, 0.05) is 17.4 Å². The number of carbonyl (C=O) groups excluding carboxylic acids is 4. The number of thiophene rings is 1. The molecule has 2 aromatic carbocycles. The Morgan fingerprint density at radius 1 is 0.848 bits per heavy atom. The summed E-state index contributed by atoms with van der Waals surface area (Å²) in [6, 6.07) is 12.2. The molecular formula is C22H17F2N3O5S. The molecule has 3 N–H and O–H groups in total. The molecule has 0 bridgehead atoms. The molecule has 8 nitrogen and oxygen atoms in total. The van der Waals surface area contributed by atoms with Crippen molar-refractivity contribution in [3.8, 4) is 0 Å². The second-order valence-electron chi connectivity index (χ2n) is 6.54. The van der Waals surface area contributed by atoms with Crippen LogP contribution in [0.15, 0.2) is 60.0 Å². The van der Waals surface area contributed by atoms with Crippen LogP contribution in [-0.4, -0.2) is 36.8 Å². The minimum atomic E-state index is -1.12. The van der Waals surface area contributed by atoms with Gasteiger partial charge < -0.3 is 20.7 Å². The van der Waals surface area contributed by atoms with Crippen molar-refractivity contribution in [2.75, 3.05) is 23.8 Å². The quantitative estimate of drug-likeness (QED) is 0.435. The number of carbonyl (C=O) groups is 4. The van der Waals surface area contributed by atoms with E-state index >= 15 is 0 Å². The number of anilines is 2. The Bertz CT molecular complexity index is 1170. The van der Waals surface area contributed by atoms with Gasteiger partial charge in [-0.25, -0.2) is 13.6 Å². The number of benzene rings is 2. The van der Waals surface area contributed by atoms with E-state index in [2.05, 4.69) is 16.0 Å². The summed E-state index contributed by atoms with van der Waals surface area (Å²) in [5.74, 6) is -4.63. The van der Waals surface area contributed by atoms with Gasteiger partial charge in [-0.3, -0.25) is 14.4 Å². The van der Waals surface area contributed by atoms with Crippen molar-refractivity contribution in [2.24, 2.45) is 0 Å². The lowest BCUT2D eigenvalue weighted by Gasteiger charge is -2.08. The maximum Gasteiger partial charge on any atom is 0.338 e. The molecule has 0 aliphatic carbocycles. The molecule has 0 aliphatic heterocycles. The van der Waals surface area contributed by atoms with Crippen molar-refractivity contribution in [1.29, 1.82) is 0 Å². The van der Waals surface area contributed by atoms with E-state index in [0.29, 0.717) is 10.6 Å². The average molecular weight is 473 g/mol. The fourth-order valence-corrected chi connectivity index (χ4v) is 3.13. The van der Waals surface area contributed by atoms with E-state index in [1.807, 2.05) is 0 Å². The van der Waals surface area contributed by atoms with Crippen LogP contribution in [0.4, 0.5) is 20.2 Å². The molecule has 0 saturated heterocycles. The molecule has 3 rings (SSSR count). The van der Waals surface area contributed by atoms with Crippen LogP contribution in [0.2, 0.25) is 0 Å². The van der Waals surface area contributed by atoms with Crippen LogP contribution in [0.3, 0.4) is 0 Å². The molecule has 0 aliphatic rings.